The minimum absolute atomic E-state index is 0.0288. The number of ketones is 1. The third-order valence-corrected chi connectivity index (χ3v) is 8.12. The van der Waals surface area contributed by atoms with E-state index >= 15 is 0 Å². The molecule has 0 radical (unpaired) electrons. The fourth-order valence-corrected chi connectivity index (χ4v) is 5.62. The van der Waals surface area contributed by atoms with Gasteiger partial charge in [-0.25, -0.2) is 0 Å². The highest BCUT2D eigenvalue weighted by molar-refractivity contribution is 6.10. The minimum Gasteiger partial charge on any atom is -0.493 e. The largest absolute Gasteiger partial charge is 0.493 e. The lowest BCUT2D eigenvalue weighted by atomic mass is 9.90. The van der Waals surface area contributed by atoms with Crippen molar-refractivity contribution in [1.82, 2.24) is 4.90 Å². The lowest BCUT2D eigenvalue weighted by molar-refractivity contribution is 0.103. The average Bonchev–Trinajstić information content (AvgIpc) is 2.97. The third-order valence-electron chi connectivity index (χ3n) is 8.12. The van der Waals surface area contributed by atoms with E-state index in [2.05, 4.69) is 25.9 Å². The highest BCUT2D eigenvalue weighted by Crippen LogP contribution is 2.25. The lowest BCUT2D eigenvalue weighted by Crippen LogP contribution is -2.12. The predicted molar refractivity (Wildman–Crippen MR) is 173 cm³/mol. The Morgan fingerprint density at radius 2 is 1.18 bits per heavy atom. The van der Waals surface area contributed by atoms with Gasteiger partial charge < -0.3 is 9.64 Å². The maximum Gasteiger partial charge on any atom is 0.196 e. The van der Waals surface area contributed by atoms with Gasteiger partial charge in [0.05, 0.1) is 12.2 Å². The quantitative estimate of drug-likeness (QED) is 0.0911. The van der Waals surface area contributed by atoms with Crippen molar-refractivity contribution in [2.45, 2.75) is 122 Å². The zero-order valence-corrected chi connectivity index (χ0v) is 26.2. The van der Waals surface area contributed by atoms with Crippen LogP contribution in [-0.4, -0.2) is 37.9 Å². The van der Waals surface area contributed by atoms with Crippen LogP contribution in [0.1, 0.15) is 138 Å². The Labute approximate surface area is 247 Å². The number of carbonyl (C=O) groups is 1. The van der Waals surface area contributed by atoms with Crippen molar-refractivity contribution in [3.05, 3.63) is 65.7 Å². The molecule has 2 aromatic rings. The number of unbranched alkanes of at least 4 members (excludes halogenated alkanes) is 12. The van der Waals surface area contributed by atoms with Crippen molar-refractivity contribution >= 4 is 5.78 Å². The van der Waals surface area contributed by atoms with Gasteiger partial charge in [0.2, 0.25) is 0 Å². The summed E-state index contributed by atoms with van der Waals surface area (Å²) in [5, 5.41) is 0. The van der Waals surface area contributed by atoms with Crippen LogP contribution in [0.5, 0.6) is 5.75 Å². The topological polar surface area (TPSA) is 29.5 Å². The van der Waals surface area contributed by atoms with E-state index in [0.29, 0.717) is 23.5 Å². The Balaban J connectivity index is 1.55. The van der Waals surface area contributed by atoms with Gasteiger partial charge in [0.25, 0.3) is 0 Å². The van der Waals surface area contributed by atoms with E-state index in [1.165, 1.54) is 116 Å². The second-order valence-electron chi connectivity index (χ2n) is 12.0. The van der Waals surface area contributed by atoms with Crippen LogP contribution in [0.3, 0.4) is 0 Å². The van der Waals surface area contributed by atoms with Crippen molar-refractivity contribution in [3.8, 4) is 5.75 Å². The Kier molecular flexibility index (Phi) is 19.2. The molecule has 0 fully saturated rings. The normalized spacial score (nSPS) is 12.1. The average molecular weight is 550 g/mol. The summed E-state index contributed by atoms with van der Waals surface area (Å²) in [6, 6.07) is 17.1. The number of ether oxygens (including phenoxy) is 1. The Morgan fingerprint density at radius 1 is 0.650 bits per heavy atom. The van der Waals surface area contributed by atoms with Gasteiger partial charge >= 0.3 is 0 Å². The van der Waals surface area contributed by atoms with Gasteiger partial charge in [-0.2, -0.15) is 0 Å². The van der Waals surface area contributed by atoms with Crippen LogP contribution in [0.4, 0.5) is 0 Å². The number of nitrogens with zero attached hydrogens (tertiary/aromatic N) is 1. The SMILES string of the molecule is CCCCC(CCCCCCCCCCCCN(C)C)CCCCCOc1ccccc1C(=O)c1ccccc1. The van der Waals surface area contributed by atoms with E-state index in [9.17, 15) is 4.79 Å². The first-order valence-corrected chi connectivity index (χ1v) is 16.6. The molecule has 0 N–H and O–H groups in total. The lowest BCUT2D eigenvalue weighted by Gasteiger charge is -2.17. The van der Waals surface area contributed by atoms with Crippen LogP contribution in [0.15, 0.2) is 54.6 Å². The van der Waals surface area contributed by atoms with Crippen LogP contribution in [0, 0.1) is 5.92 Å². The smallest absolute Gasteiger partial charge is 0.196 e. The van der Waals surface area contributed by atoms with Gasteiger partial charge in [-0.3, -0.25) is 4.79 Å². The van der Waals surface area contributed by atoms with Crippen molar-refractivity contribution in [2.24, 2.45) is 5.92 Å². The fraction of sp³-hybridized carbons (Fsp3) is 0.649. The fourth-order valence-electron chi connectivity index (χ4n) is 5.62. The molecule has 0 aromatic heterocycles. The molecule has 224 valence electrons. The number of benzene rings is 2. The van der Waals surface area contributed by atoms with Gasteiger partial charge in [0.15, 0.2) is 5.78 Å². The van der Waals surface area contributed by atoms with E-state index < -0.39 is 0 Å². The first-order chi connectivity index (χ1) is 19.6. The molecule has 2 aromatic carbocycles. The summed E-state index contributed by atoms with van der Waals surface area (Å²) in [6.07, 6.45) is 24.5. The van der Waals surface area contributed by atoms with Crippen LogP contribution in [0.25, 0.3) is 0 Å². The highest BCUT2D eigenvalue weighted by Gasteiger charge is 2.14. The van der Waals surface area contributed by atoms with Crippen LogP contribution in [-0.2, 0) is 0 Å². The van der Waals surface area contributed by atoms with Crippen LogP contribution in [0.2, 0.25) is 0 Å². The van der Waals surface area contributed by atoms with Gasteiger partial charge in [-0.15, -0.1) is 0 Å². The molecule has 3 heteroatoms. The second kappa shape index (κ2) is 22.5. The summed E-state index contributed by atoms with van der Waals surface area (Å²) in [5.74, 6) is 1.63. The zero-order chi connectivity index (χ0) is 28.7. The summed E-state index contributed by atoms with van der Waals surface area (Å²) in [4.78, 5) is 15.2. The molecular formula is C37H59NO2. The molecule has 0 saturated carbocycles. The van der Waals surface area contributed by atoms with Crippen molar-refractivity contribution in [1.29, 1.82) is 0 Å². The van der Waals surface area contributed by atoms with Crippen LogP contribution >= 0.6 is 0 Å². The maximum absolute atomic E-state index is 12.9. The summed E-state index contributed by atoms with van der Waals surface area (Å²) in [7, 11) is 4.34. The molecular weight excluding hydrogens is 490 g/mol. The molecule has 0 spiro atoms. The molecule has 1 unspecified atom stereocenters. The van der Waals surface area contributed by atoms with E-state index in [0.717, 1.165) is 12.3 Å². The molecule has 40 heavy (non-hydrogen) atoms. The zero-order valence-electron chi connectivity index (χ0n) is 26.2. The maximum atomic E-state index is 12.9. The summed E-state index contributed by atoms with van der Waals surface area (Å²) < 4.78 is 6.08. The van der Waals surface area contributed by atoms with E-state index in [1.807, 2.05) is 54.6 Å². The second-order valence-corrected chi connectivity index (χ2v) is 12.0. The third kappa shape index (κ3) is 15.6. The number of hydrogen-bond acceptors (Lipinski definition) is 3. The molecule has 0 amide bonds. The van der Waals surface area contributed by atoms with Crippen LogP contribution < -0.4 is 4.74 Å². The number of carbonyl (C=O) groups excluding carboxylic acids is 1. The molecule has 0 aliphatic heterocycles. The molecule has 0 saturated heterocycles. The molecule has 1 atom stereocenters. The highest BCUT2D eigenvalue weighted by atomic mass is 16.5. The summed E-state index contributed by atoms with van der Waals surface area (Å²) in [5.41, 5.74) is 1.36. The Hall–Kier alpha value is -2.13. The Morgan fingerprint density at radius 3 is 1.80 bits per heavy atom. The van der Waals surface area contributed by atoms with Crippen molar-refractivity contribution < 1.29 is 9.53 Å². The molecule has 0 bridgehead atoms. The summed E-state index contributed by atoms with van der Waals surface area (Å²) >= 11 is 0. The van der Waals surface area contributed by atoms with Gasteiger partial charge in [-0.1, -0.05) is 152 Å². The van der Waals surface area contributed by atoms with E-state index in [1.54, 1.807) is 0 Å². The van der Waals surface area contributed by atoms with Gasteiger partial charge in [-0.05, 0) is 51.5 Å². The first-order valence-electron chi connectivity index (χ1n) is 16.6. The number of para-hydroxylation sites is 1. The number of rotatable bonds is 25. The molecule has 0 aliphatic carbocycles. The molecule has 2 rings (SSSR count). The van der Waals surface area contributed by atoms with Crippen molar-refractivity contribution in [2.75, 3.05) is 27.2 Å². The monoisotopic (exact) mass is 549 g/mol. The summed E-state index contributed by atoms with van der Waals surface area (Å²) in [6.45, 7) is 4.23. The van der Waals surface area contributed by atoms with Gasteiger partial charge in [0, 0.05) is 5.56 Å². The van der Waals surface area contributed by atoms with E-state index in [-0.39, 0.29) is 5.78 Å². The number of hydrogen-bond donors (Lipinski definition) is 0. The van der Waals surface area contributed by atoms with Crippen molar-refractivity contribution in [3.63, 3.8) is 0 Å². The Bertz CT molecular complexity index is 879. The molecule has 0 heterocycles. The van der Waals surface area contributed by atoms with Gasteiger partial charge in [0.1, 0.15) is 5.75 Å². The standard InChI is InChI=1S/C37H59NO2/c1-4-5-24-33(25-16-12-10-8-6-7-9-11-13-22-31-38(2)3)26-17-15-23-32-40-36-30-21-20-29-35(36)37(39)34-27-18-14-19-28-34/h14,18-21,27-30,33H,4-13,15-17,22-26,31-32H2,1-3H3. The minimum atomic E-state index is 0.0288. The molecule has 0 aliphatic rings. The first kappa shape index (κ1) is 34.1. The predicted octanol–water partition coefficient (Wildman–Crippen LogP) is 10.5. The molecule has 3 nitrogen and oxygen atoms in total. The van der Waals surface area contributed by atoms with E-state index in [4.69, 9.17) is 4.74 Å².